The van der Waals surface area contributed by atoms with Gasteiger partial charge in [-0.15, -0.1) is 0 Å². The number of benzene rings is 1. The van der Waals surface area contributed by atoms with E-state index in [1.54, 1.807) is 42.5 Å². The Balaban J connectivity index is 1.69. The van der Waals surface area contributed by atoms with Crippen LogP contribution in [0.15, 0.2) is 56.5 Å². The molecule has 2 N–H and O–H groups in total. The summed E-state index contributed by atoms with van der Waals surface area (Å²) in [6.07, 6.45) is -1.09. The van der Waals surface area contributed by atoms with Gasteiger partial charge in [0, 0.05) is 17.5 Å². The molecular formula is C18H19NO5S2. The zero-order chi connectivity index (χ0) is 18.7. The molecule has 0 amide bonds. The summed E-state index contributed by atoms with van der Waals surface area (Å²) in [5, 5.41) is 14.1. The van der Waals surface area contributed by atoms with Gasteiger partial charge in [-0.05, 0) is 54.3 Å². The molecule has 8 heteroatoms. The van der Waals surface area contributed by atoms with Crippen molar-refractivity contribution in [1.82, 2.24) is 4.72 Å². The molecule has 0 spiro atoms. The Hall–Kier alpha value is -2.13. The molecule has 3 rings (SSSR count). The Morgan fingerprint density at radius 3 is 2.73 bits per heavy atom. The van der Waals surface area contributed by atoms with E-state index in [4.69, 9.17) is 9.15 Å². The van der Waals surface area contributed by atoms with E-state index in [1.807, 2.05) is 16.8 Å². The van der Waals surface area contributed by atoms with Crippen LogP contribution in [0.2, 0.25) is 0 Å². The molecule has 0 bridgehead atoms. The van der Waals surface area contributed by atoms with E-state index in [-0.39, 0.29) is 11.4 Å². The Morgan fingerprint density at radius 1 is 1.27 bits per heavy atom. The summed E-state index contributed by atoms with van der Waals surface area (Å²) in [7, 11) is -2.24. The highest BCUT2D eigenvalue weighted by Crippen LogP contribution is 2.27. The lowest BCUT2D eigenvalue weighted by Gasteiger charge is -2.12. The van der Waals surface area contributed by atoms with Gasteiger partial charge in [0.25, 0.3) is 0 Å². The molecule has 6 nitrogen and oxygen atoms in total. The van der Waals surface area contributed by atoms with Gasteiger partial charge in [-0.25, -0.2) is 13.1 Å². The maximum Gasteiger partial charge on any atom is 0.240 e. The molecule has 0 fully saturated rings. The molecule has 138 valence electrons. The van der Waals surface area contributed by atoms with Gasteiger partial charge in [0.05, 0.1) is 12.0 Å². The molecule has 2 heterocycles. The average Bonchev–Trinajstić information content (AvgIpc) is 3.30. The normalized spacial score (nSPS) is 12.9. The Morgan fingerprint density at radius 2 is 2.08 bits per heavy atom. The summed E-state index contributed by atoms with van der Waals surface area (Å²) in [6, 6.07) is 10.0. The first-order valence-electron chi connectivity index (χ1n) is 7.85. The molecule has 0 saturated heterocycles. The first-order chi connectivity index (χ1) is 12.4. The standard InChI is InChI=1S/C18H19NO5S2/c1-12-9-14(23-2)3-6-18(12)26(21,22)19-10-15(20)17-5-4-16(24-17)13-7-8-25-11-13/h3-9,11,15,19-20H,10H2,1-2H3/t15-/m0/s1. The molecule has 26 heavy (non-hydrogen) atoms. The molecule has 0 aliphatic carbocycles. The molecular weight excluding hydrogens is 374 g/mol. The van der Waals surface area contributed by atoms with Crippen LogP contribution in [-0.4, -0.2) is 27.2 Å². The molecule has 0 saturated carbocycles. The van der Waals surface area contributed by atoms with Crippen molar-refractivity contribution in [2.45, 2.75) is 17.9 Å². The molecule has 0 radical (unpaired) electrons. The van der Waals surface area contributed by atoms with Gasteiger partial charge in [-0.2, -0.15) is 11.3 Å². The summed E-state index contributed by atoms with van der Waals surface area (Å²) in [4.78, 5) is 0.143. The molecule has 2 aromatic heterocycles. The van der Waals surface area contributed by atoms with E-state index in [0.29, 0.717) is 22.8 Å². The first kappa shape index (κ1) is 18.7. The van der Waals surface area contributed by atoms with Gasteiger partial charge in [-0.1, -0.05) is 0 Å². The van der Waals surface area contributed by atoms with Crippen molar-refractivity contribution in [2.75, 3.05) is 13.7 Å². The van der Waals surface area contributed by atoms with Crippen LogP contribution in [0.25, 0.3) is 11.3 Å². The zero-order valence-electron chi connectivity index (χ0n) is 14.3. The number of furan rings is 1. The number of ether oxygens (including phenoxy) is 1. The molecule has 0 aliphatic heterocycles. The quantitative estimate of drug-likeness (QED) is 0.643. The Labute approximate surface area is 156 Å². The predicted molar refractivity (Wildman–Crippen MR) is 99.9 cm³/mol. The molecule has 0 aliphatic rings. The summed E-state index contributed by atoms with van der Waals surface area (Å²) >= 11 is 1.54. The van der Waals surface area contributed by atoms with Crippen molar-refractivity contribution in [3.8, 4) is 17.1 Å². The van der Waals surface area contributed by atoms with Gasteiger partial charge in [0.15, 0.2) is 0 Å². The van der Waals surface area contributed by atoms with Crippen LogP contribution in [0, 0.1) is 6.92 Å². The van der Waals surface area contributed by atoms with Gasteiger partial charge in [-0.3, -0.25) is 0 Å². The molecule has 3 aromatic rings. The second-order valence-electron chi connectivity index (χ2n) is 5.71. The monoisotopic (exact) mass is 393 g/mol. The van der Waals surface area contributed by atoms with Crippen molar-refractivity contribution in [3.05, 3.63) is 58.5 Å². The fourth-order valence-corrected chi connectivity index (χ4v) is 4.42. The summed E-state index contributed by atoms with van der Waals surface area (Å²) in [5.41, 5.74) is 1.48. The van der Waals surface area contributed by atoms with E-state index in [9.17, 15) is 13.5 Å². The second kappa shape index (κ2) is 7.63. The van der Waals surface area contributed by atoms with Crippen molar-refractivity contribution >= 4 is 21.4 Å². The Bertz CT molecular complexity index is 977. The highest BCUT2D eigenvalue weighted by molar-refractivity contribution is 7.89. The van der Waals surface area contributed by atoms with Crippen molar-refractivity contribution < 1.29 is 22.7 Å². The minimum absolute atomic E-state index is 0.143. The number of sulfonamides is 1. The number of hydrogen-bond acceptors (Lipinski definition) is 6. The lowest BCUT2D eigenvalue weighted by molar-refractivity contribution is 0.155. The topological polar surface area (TPSA) is 88.8 Å². The highest BCUT2D eigenvalue weighted by Gasteiger charge is 2.21. The van der Waals surface area contributed by atoms with Crippen LogP contribution < -0.4 is 9.46 Å². The van der Waals surface area contributed by atoms with Crippen LogP contribution in [0.4, 0.5) is 0 Å². The SMILES string of the molecule is COc1ccc(S(=O)(=O)NC[C@H](O)c2ccc(-c3ccsc3)o2)c(C)c1. The number of thiophene rings is 1. The van der Waals surface area contributed by atoms with Gasteiger partial charge >= 0.3 is 0 Å². The van der Waals surface area contributed by atoms with Crippen LogP contribution in [0.3, 0.4) is 0 Å². The molecule has 1 atom stereocenters. The average molecular weight is 393 g/mol. The number of methoxy groups -OCH3 is 1. The van der Waals surface area contributed by atoms with Gasteiger partial charge in [0.1, 0.15) is 23.4 Å². The van der Waals surface area contributed by atoms with Crippen LogP contribution in [0.5, 0.6) is 5.75 Å². The number of rotatable bonds is 7. The lowest BCUT2D eigenvalue weighted by atomic mass is 10.2. The van der Waals surface area contributed by atoms with Gasteiger partial charge in [0.2, 0.25) is 10.0 Å². The van der Waals surface area contributed by atoms with Crippen LogP contribution >= 0.6 is 11.3 Å². The molecule has 0 unspecified atom stereocenters. The fourth-order valence-electron chi connectivity index (χ4n) is 2.51. The second-order valence-corrected chi connectivity index (χ2v) is 8.23. The predicted octanol–water partition coefficient (Wildman–Crippen LogP) is 3.34. The smallest absolute Gasteiger partial charge is 0.240 e. The largest absolute Gasteiger partial charge is 0.497 e. The molecule has 1 aromatic carbocycles. The number of nitrogens with one attached hydrogen (secondary N) is 1. The van der Waals surface area contributed by atoms with Crippen molar-refractivity contribution in [2.24, 2.45) is 0 Å². The van der Waals surface area contributed by atoms with Crippen molar-refractivity contribution in [3.63, 3.8) is 0 Å². The minimum atomic E-state index is -3.76. The number of aliphatic hydroxyl groups excluding tert-OH is 1. The zero-order valence-corrected chi connectivity index (χ0v) is 15.9. The third-order valence-corrected chi connectivity index (χ3v) is 6.17. The van der Waals surface area contributed by atoms with Crippen LogP contribution in [-0.2, 0) is 10.0 Å². The fraction of sp³-hybridized carbons (Fsp3) is 0.222. The third kappa shape index (κ3) is 3.99. The summed E-state index contributed by atoms with van der Waals surface area (Å²) < 4.78 is 38.1. The number of aryl methyl sites for hydroxylation is 1. The minimum Gasteiger partial charge on any atom is -0.497 e. The van der Waals surface area contributed by atoms with Gasteiger partial charge < -0.3 is 14.3 Å². The maximum absolute atomic E-state index is 12.5. The summed E-state index contributed by atoms with van der Waals surface area (Å²) in [6.45, 7) is 1.50. The number of aliphatic hydroxyl groups is 1. The summed E-state index contributed by atoms with van der Waals surface area (Å²) in [5.74, 6) is 1.52. The third-order valence-electron chi connectivity index (χ3n) is 3.90. The van der Waals surface area contributed by atoms with E-state index < -0.39 is 16.1 Å². The lowest BCUT2D eigenvalue weighted by Crippen LogP contribution is -2.29. The van der Waals surface area contributed by atoms with E-state index in [0.717, 1.165) is 5.56 Å². The maximum atomic E-state index is 12.5. The van der Waals surface area contributed by atoms with Crippen molar-refractivity contribution in [1.29, 1.82) is 0 Å². The van der Waals surface area contributed by atoms with E-state index in [1.165, 1.54) is 13.2 Å². The van der Waals surface area contributed by atoms with E-state index in [2.05, 4.69) is 4.72 Å². The number of hydrogen-bond donors (Lipinski definition) is 2. The highest BCUT2D eigenvalue weighted by atomic mass is 32.2. The first-order valence-corrected chi connectivity index (χ1v) is 10.3. The van der Waals surface area contributed by atoms with E-state index >= 15 is 0 Å². The van der Waals surface area contributed by atoms with Crippen LogP contribution in [0.1, 0.15) is 17.4 Å². The Kier molecular flexibility index (Phi) is 5.47.